The minimum absolute atomic E-state index is 0.111. The first-order valence-corrected chi connectivity index (χ1v) is 7.49. The number of non-ortho nitro benzene ring substituents is 1. The smallest absolute Gasteiger partial charge is 0.339 e. The molecule has 0 aliphatic carbocycles. The maximum absolute atomic E-state index is 12.1. The van der Waals surface area contributed by atoms with Gasteiger partial charge in [0.2, 0.25) is 0 Å². The molecule has 0 fully saturated rings. The quantitative estimate of drug-likeness (QED) is 0.336. The minimum atomic E-state index is -1.22. The Labute approximate surface area is 152 Å². The van der Waals surface area contributed by atoms with E-state index in [-0.39, 0.29) is 22.6 Å². The van der Waals surface area contributed by atoms with Crippen molar-refractivity contribution < 1.29 is 24.2 Å². The molecule has 0 radical (unpaired) electrons. The molecule has 2 aromatic rings. The number of ether oxygens (including phenoxy) is 1. The van der Waals surface area contributed by atoms with E-state index in [4.69, 9.17) is 10.5 Å². The molecule has 11 heteroatoms. The number of nitrogens with two attached hydrogens (primary N) is 1. The van der Waals surface area contributed by atoms with E-state index < -0.39 is 33.5 Å². The van der Waals surface area contributed by atoms with Gasteiger partial charge in [0, 0.05) is 23.9 Å². The molecule has 140 valence electrons. The van der Waals surface area contributed by atoms with Crippen LogP contribution in [0.1, 0.15) is 17.3 Å². The third-order valence-electron chi connectivity index (χ3n) is 3.46. The summed E-state index contributed by atoms with van der Waals surface area (Å²) in [7, 11) is 0. The van der Waals surface area contributed by atoms with Crippen molar-refractivity contribution in [3.8, 4) is 0 Å². The van der Waals surface area contributed by atoms with Crippen molar-refractivity contribution in [1.29, 1.82) is 0 Å². The number of esters is 1. The Hall–Kier alpha value is -4.02. The van der Waals surface area contributed by atoms with Gasteiger partial charge < -0.3 is 15.8 Å². The van der Waals surface area contributed by atoms with Gasteiger partial charge in [-0.2, -0.15) is 0 Å². The molecule has 0 aliphatic rings. The van der Waals surface area contributed by atoms with Crippen LogP contribution >= 0.6 is 0 Å². The first-order chi connectivity index (χ1) is 12.7. The summed E-state index contributed by atoms with van der Waals surface area (Å²) in [6.45, 7) is 1.31. The van der Waals surface area contributed by atoms with E-state index in [1.807, 2.05) is 0 Å². The molecule has 2 aromatic carbocycles. The van der Waals surface area contributed by atoms with Crippen LogP contribution in [0.5, 0.6) is 0 Å². The lowest BCUT2D eigenvalue weighted by atomic mass is 10.2. The lowest BCUT2D eigenvalue weighted by Gasteiger charge is -2.13. The number of carbonyl (C=O) groups is 2. The summed E-state index contributed by atoms with van der Waals surface area (Å²) < 4.78 is 4.98. The maximum atomic E-state index is 12.1. The van der Waals surface area contributed by atoms with Crippen LogP contribution in [0.2, 0.25) is 0 Å². The Bertz CT molecular complexity index is 911. The third-order valence-corrected chi connectivity index (χ3v) is 3.46. The van der Waals surface area contributed by atoms with Crippen LogP contribution in [0.4, 0.5) is 22.7 Å². The van der Waals surface area contributed by atoms with Crippen molar-refractivity contribution in [2.45, 2.75) is 13.0 Å². The van der Waals surface area contributed by atoms with Gasteiger partial charge in [-0.3, -0.25) is 25.0 Å². The van der Waals surface area contributed by atoms with Gasteiger partial charge in [0.15, 0.2) is 6.10 Å². The molecule has 1 unspecified atom stereocenters. The van der Waals surface area contributed by atoms with Crippen LogP contribution in [0.15, 0.2) is 42.5 Å². The molecule has 3 N–H and O–H groups in total. The van der Waals surface area contributed by atoms with E-state index in [0.29, 0.717) is 0 Å². The van der Waals surface area contributed by atoms with Crippen LogP contribution in [-0.4, -0.2) is 27.8 Å². The second kappa shape index (κ2) is 7.91. The zero-order valence-electron chi connectivity index (χ0n) is 13.9. The predicted octanol–water partition coefficient (Wildman–Crippen LogP) is 2.27. The van der Waals surface area contributed by atoms with E-state index in [1.54, 1.807) is 0 Å². The molecule has 0 saturated carbocycles. The highest BCUT2D eigenvalue weighted by Crippen LogP contribution is 2.23. The SMILES string of the molecule is CC(OC(=O)c1ccc(N)c([N+](=O)[O-])c1)C(=O)Nc1ccc([N+](=O)[O-])cc1. The molecule has 0 bridgehead atoms. The first-order valence-electron chi connectivity index (χ1n) is 7.49. The summed E-state index contributed by atoms with van der Waals surface area (Å²) in [5.41, 5.74) is 4.89. The Kier molecular flexibility index (Phi) is 5.65. The molecule has 0 saturated heterocycles. The largest absolute Gasteiger partial charge is 0.449 e. The second-order valence-corrected chi connectivity index (χ2v) is 5.37. The first kappa shape index (κ1) is 19.3. The van der Waals surface area contributed by atoms with Crippen LogP contribution in [0.25, 0.3) is 0 Å². The van der Waals surface area contributed by atoms with E-state index >= 15 is 0 Å². The summed E-state index contributed by atoms with van der Waals surface area (Å²) >= 11 is 0. The van der Waals surface area contributed by atoms with E-state index in [0.717, 1.165) is 6.07 Å². The number of amides is 1. The predicted molar refractivity (Wildman–Crippen MR) is 94.1 cm³/mol. The Morgan fingerprint density at radius 1 is 1.07 bits per heavy atom. The maximum Gasteiger partial charge on any atom is 0.339 e. The number of benzene rings is 2. The van der Waals surface area contributed by atoms with Crippen molar-refractivity contribution in [3.63, 3.8) is 0 Å². The zero-order valence-corrected chi connectivity index (χ0v) is 13.9. The van der Waals surface area contributed by atoms with Crippen LogP contribution < -0.4 is 11.1 Å². The van der Waals surface area contributed by atoms with Gasteiger partial charge in [-0.15, -0.1) is 0 Å². The number of hydrogen-bond donors (Lipinski definition) is 2. The van der Waals surface area contributed by atoms with Gasteiger partial charge in [-0.1, -0.05) is 0 Å². The topological polar surface area (TPSA) is 168 Å². The van der Waals surface area contributed by atoms with Gasteiger partial charge in [0.05, 0.1) is 15.4 Å². The zero-order chi connectivity index (χ0) is 20.1. The van der Waals surface area contributed by atoms with Crippen LogP contribution in [-0.2, 0) is 9.53 Å². The number of nitrogens with zero attached hydrogens (tertiary/aromatic N) is 2. The number of nitro benzene ring substituents is 2. The Morgan fingerprint density at radius 2 is 1.70 bits per heavy atom. The second-order valence-electron chi connectivity index (χ2n) is 5.37. The van der Waals surface area contributed by atoms with Gasteiger partial charge >= 0.3 is 5.97 Å². The van der Waals surface area contributed by atoms with Crippen LogP contribution in [0, 0.1) is 20.2 Å². The number of nitrogens with one attached hydrogen (secondary N) is 1. The monoisotopic (exact) mass is 374 g/mol. The Morgan fingerprint density at radius 3 is 2.26 bits per heavy atom. The molecular weight excluding hydrogens is 360 g/mol. The fourth-order valence-corrected chi connectivity index (χ4v) is 2.02. The van der Waals surface area contributed by atoms with Gasteiger partial charge in [-0.05, 0) is 31.2 Å². The van der Waals surface area contributed by atoms with E-state index in [1.165, 1.54) is 43.3 Å². The summed E-state index contributed by atoms with van der Waals surface area (Å²) in [6, 6.07) is 8.46. The Balaban J connectivity index is 2.03. The molecule has 27 heavy (non-hydrogen) atoms. The number of carbonyl (C=O) groups excluding carboxylic acids is 2. The normalized spacial score (nSPS) is 11.3. The fraction of sp³-hybridized carbons (Fsp3) is 0.125. The minimum Gasteiger partial charge on any atom is -0.449 e. The average molecular weight is 374 g/mol. The molecule has 0 spiro atoms. The highest BCUT2D eigenvalue weighted by molar-refractivity contribution is 5.97. The molecule has 1 atom stereocenters. The van der Waals surface area contributed by atoms with Crippen molar-refractivity contribution >= 4 is 34.6 Å². The van der Waals surface area contributed by atoms with Crippen molar-refractivity contribution in [3.05, 3.63) is 68.3 Å². The van der Waals surface area contributed by atoms with Gasteiger partial charge in [0.1, 0.15) is 5.69 Å². The standard InChI is InChI=1S/C16H14N4O7/c1-9(15(21)18-11-3-5-12(6-4-11)19(23)24)27-16(22)10-2-7-13(17)14(8-10)20(25)26/h2-9H,17H2,1H3,(H,18,21). The van der Waals surface area contributed by atoms with E-state index in [2.05, 4.69) is 5.32 Å². The van der Waals surface area contributed by atoms with Crippen molar-refractivity contribution in [1.82, 2.24) is 0 Å². The molecule has 1 amide bonds. The third kappa shape index (κ3) is 4.75. The summed E-state index contributed by atoms with van der Waals surface area (Å²) in [5.74, 6) is -1.62. The number of nitro groups is 2. The van der Waals surface area contributed by atoms with Crippen molar-refractivity contribution in [2.24, 2.45) is 0 Å². The molecular formula is C16H14N4O7. The number of anilines is 2. The lowest BCUT2D eigenvalue weighted by Crippen LogP contribution is -2.30. The number of nitrogen functional groups attached to an aromatic ring is 1. The lowest BCUT2D eigenvalue weighted by molar-refractivity contribution is -0.384. The summed E-state index contributed by atoms with van der Waals surface area (Å²) in [6.07, 6.45) is -1.22. The van der Waals surface area contributed by atoms with Gasteiger partial charge in [-0.25, -0.2) is 4.79 Å². The number of hydrogen-bond acceptors (Lipinski definition) is 8. The molecule has 2 rings (SSSR count). The summed E-state index contributed by atoms with van der Waals surface area (Å²) in [4.78, 5) is 44.3. The molecule has 0 aromatic heterocycles. The van der Waals surface area contributed by atoms with Crippen molar-refractivity contribution in [2.75, 3.05) is 11.1 Å². The number of rotatable bonds is 6. The van der Waals surface area contributed by atoms with Gasteiger partial charge in [0.25, 0.3) is 17.3 Å². The summed E-state index contributed by atoms with van der Waals surface area (Å²) in [5, 5.41) is 23.9. The molecule has 0 aliphatic heterocycles. The molecule has 0 heterocycles. The van der Waals surface area contributed by atoms with Crippen LogP contribution in [0.3, 0.4) is 0 Å². The fourth-order valence-electron chi connectivity index (χ4n) is 2.02. The highest BCUT2D eigenvalue weighted by atomic mass is 16.6. The molecule has 11 nitrogen and oxygen atoms in total. The van der Waals surface area contributed by atoms with E-state index in [9.17, 15) is 29.8 Å². The highest BCUT2D eigenvalue weighted by Gasteiger charge is 2.22. The average Bonchev–Trinajstić information content (AvgIpc) is 2.62.